The Labute approximate surface area is 170 Å². The molecular formula is C23H26N2O4. The van der Waals surface area contributed by atoms with Gasteiger partial charge >= 0.3 is 0 Å². The van der Waals surface area contributed by atoms with Crippen LogP contribution >= 0.6 is 0 Å². The number of methoxy groups -OCH3 is 2. The van der Waals surface area contributed by atoms with Crippen LogP contribution in [0.5, 0.6) is 11.5 Å². The number of hydrogen-bond donors (Lipinski definition) is 1. The Morgan fingerprint density at radius 1 is 1.10 bits per heavy atom. The summed E-state index contributed by atoms with van der Waals surface area (Å²) in [6.07, 6.45) is 2.34. The summed E-state index contributed by atoms with van der Waals surface area (Å²) in [5.74, 6) is 2.80. The number of oxazole rings is 1. The first-order valence-corrected chi connectivity index (χ1v) is 9.57. The average molecular weight is 394 g/mol. The van der Waals surface area contributed by atoms with Gasteiger partial charge in [0.1, 0.15) is 11.5 Å². The smallest absolute Gasteiger partial charge is 0.224 e. The number of ether oxygens (including phenoxy) is 2. The normalized spacial score (nSPS) is 10.8. The van der Waals surface area contributed by atoms with E-state index in [1.165, 1.54) is 5.56 Å². The van der Waals surface area contributed by atoms with E-state index in [0.29, 0.717) is 35.5 Å². The topological polar surface area (TPSA) is 73.6 Å². The number of amides is 1. The number of aryl methyl sites for hydroxylation is 1. The number of carbonyl (C=O) groups is 1. The summed E-state index contributed by atoms with van der Waals surface area (Å²) in [6.45, 7) is 4.28. The van der Waals surface area contributed by atoms with Crippen molar-refractivity contribution in [1.29, 1.82) is 0 Å². The molecule has 152 valence electrons. The lowest BCUT2D eigenvalue weighted by molar-refractivity contribution is -0.116. The molecule has 1 amide bonds. The van der Waals surface area contributed by atoms with E-state index >= 15 is 0 Å². The van der Waals surface area contributed by atoms with Gasteiger partial charge in [0.2, 0.25) is 5.91 Å². The summed E-state index contributed by atoms with van der Waals surface area (Å²) in [7, 11) is 3.19. The zero-order valence-corrected chi connectivity index (χ0v) is 17.2. The summed E-state index contributed by atoms with van der Waals surface area (Å²) in [6, 6.07) is 13.4. The van der Waals surface area contributed by atoms with E-state index < -0.39 is 0 Å². The minimum absolute atomic E-state index is 0.0796. The third-order valence-electron chi connectivity index (χ3n) is 4.65. The van der Waals surface area contributed by atoms with E-state index in [0.717, 1.165) is 11.3 Å². The summed E-state index contributed by atoms with van der Waals surface area (Å²) in [5.41, 5.74) is 2.81. The molecule has 1 N–H and O–H groups in total. The zero-order valence-electron chi connectivity index (χ0n) is 17.2. The number of anilines is 1. The van der Waals surface area contributed by atoms with E-state index in [-0.39, 0.29) is 12.3 Å². The maximum absolute atomic E-state index is 12.2. The number of hydrogen-bond acceptors (Lipinski definition) is 5. The molecule has 3 aromatic rings. The van der Waals surface area contributed by atoms with Crippen LogP contribution in [0.4, 0.5) is 5.69 Å². The highest BCUT2D eigenvalue weighted by Gasteiger charge is 2.14. The fraction of sp³-hybridized carbons (Fsp3) is 0.304. The molecule has 0 spiro atoms. The highest BCUT2D eigenvalue weighted by atomic mass is 16.5. The van der Waals surface area contributed by atoms with E-state index in [9.17, 15) is 4.79 Å². The van der Waals surface area contributed by atoms with Gasteiger partial charge in [-0.15, -0.1) is 0 Å². The molecule has 1 heterocycles. The molecule has 0 unspecified atom stereocenters. The Kier molecular flexibility index (Phi) is 6.54. The number of nitrogens with one attached hydrogen (secondary N) is 1. The average Bonchev–Trinajstić information content (AvgIpc) is 3.21. The van der Waals surface area contributed by atoms with Gasteiger partial charge in [0.25, 0.3) is 0 Å². The van der Waals surface area contributed by atoms with Gasteiger partial charge in [-0.25, -0.2) is 4.98 Å². The van der Waals surface area contributed by atoms with Crippen molar-refractivity contribution in [1.82, 2.24) is 4.98 Å². The van der Waals surface area contributed by atoms with Gasteiger partial charge in [-0.2, -0.15) is 0 Å². The summed E-state index contributed by atoms with van der Waals surface area (Å²) in [5, 5.41) is 2.91. The SMILES string of the molecule is COc1ccc(-c2cnc(CCC(=O)Nc3ccc(C(C)C)cc3)o2)c(OC)c1. The van der Waals surface area contributed by atoms with Gasteiger partial charge < -0.3 is 19.2 Å². The summed E-state index contributed by atoms with van der Waals surface area (Å²) in [4.78, 5) is 16.5. The molecule has 6 nitrogen and oxygen atoms in total. The van der Waals surface area contributed by atoms with Crippen LogP contribution in [0.2, 0.25) is 0 Å². The second-order valence-electron chi connectivity index (χ2n) is 7.01. The van der Waals surface area contributed by atoms with Crippen molar-refractivity contribution in [2.75, 3.05) is 19.5 Å². The van der Waals surface area contributed by atoms with Crippen molar-refractivity contribution < 1.29 is 18.7 Å². The van der Waals surface area contributed by atoms with Crippen LogP contribution in [-0.2, 0) is 11.2 Å². The standard InChI is InChI=1S/C23H26N2O4/c1-15(2)16-5-7-17(8-6-16)25-22(26)11-12-23-24-14-21(29-23)19-10-9-18(27-3)13-20(19)28-4/h5-10,13-15H,11-12H2,1-4H3,(H,25,26). The molecule has 0 saturated heterocycles. The van der Waals surface area contributed by atoms with Gasteiger partial charge in [0.15, 0.2) is 11.7 Å². The Hall–Kier alpha value is -3.28. The second-order valence-corrected chi connectivity index (χ2v) is 7.01. The number of carbonyl (C=O) groups excluding carboxylic acids is 1. The predicted molar refractivity (Wildman–Crippen MR) is 113 cm³/mol. The fourth-order valence-corrected chi connectivity index (χ4v) is 2.95. The van der Waals surface area contributed by atoms with E-state index in [2.05, 4.69) is 24.1 Å². The van der Waals surface area contributed by atoms with Crippen molar-refractivity contribution >= 4 is 11.6 Å². The van der Waals surface area contributed by atoms with Crippen LogP contribution in [0.3, 0.4) is 0 Å². The molecule has 0 atom stereocenters. The second kappa shape index (κ2) is 9.28. The third kappa shape index (κ3) is 5.16. The van der Waals surface area contributed by atoms with Crippen LogP contribution in [0, 0.1) is 0 Å². The molecule has 3 rings (SSSR count). The first-order valence-electron chi connectivity index (χ1n) is 9.57. The Morgan fingerprint density at radius 3 is 2.52 bits per heavy atom. The zero-order chi connectivity index (χ0) is 20.8. The Bertz CT molecular complexity index is 961. The number of benzene rings is 2. The summed E-state index contributed by atoms with van der Waals surface area (Å²) >= 11 is 0. The lowest BCUT2D eigenvalue weighted by Crippen LogP contribution is -2.12. The molecule has 0 radical (unpaired) electrons. The van der Waals surface area contributed by atoms with E-state index in [4.69, 9.17) is 13.9 Å². The number of rotatable bonds is 8. The largest absolute Gasteiger partial charge is 0.497 e. The molecular weight excluding hydrogens is 368 g/mol. The van der Waals surface area contributed by atoms with Crippen LogP contribution in [0.15, 0.2) is 53.1 Å². The van der Waals surface area contributed by atoms with Gasteiger partial charge in [-0.1, -0.05) is 26.0 Å². The Balaban J connectivity index is 1.60. The molecule has 0 aliphatic heterocycles. The number of nitrogens with zero attached hydrogens (tertiary/aromatic N) is 1. The first-order chi connectivity index (χ1) is 14.0. The molecule has 1 aromatic heterocycles. The molecule has 29 heavy (non-hydrogen) atoms. The van der Waals surface area contributed by atoms with Crippen LogP contribution < -0.4 is 14.8 Å². The lowest BCUT2D eigenvalue weighted by Gasteiger charge is -2.08. The summed E-state index contributed by atoms with van der Waals surface area (Å²) < 4.78 is 16.4. The molecule has 0 aliphatic carbocycles. The van der Waals surface area contributed by atoms with E-state index in [1.54, 1.807) is 26.5 Å². The van der Waals surface area contributed by atoms with Crippen molar-refractivity contribution in [2.24, 2.45) is 0 Å². The minimum Gasteiger partial charge on any atom is -0.497 e. The predicted octanol–water partition coefficient (Wildman–Crippen LogP) is 5.05. The van der Waals surface area contributed by atoms with Crippen LogP contribution in [0.1, 0.15) is 37.6 Å². The van der Waals surface area contributed by atoms with Gasteiger partial charge in [-0.3, -0.25) is 4.79 Å². The van der Waals surface area contributed by atoms with Gasteiger partial charge in [-0.05, 0) is 35.7 Å². The maximum atomic E-state index is 12.2. The monoisotopic (exact) mass is 394 g/mol. The van der Waals surface area contributed by atoms with E-state index in [1.807, 2.05) is 36.4 Å². The molecule has 6 heteroatoms. The molecule has 0 bridgehead atoms. The minimum atomic E-state index is -0.0796. The lowest BCUT2D eigenvalue weighted by atomic mass is 10.0. The Morgan fingerprint density at radius 2 is 1.86 bits per heavy atom. The van der Waals surface area contributed by atoms with Crippen LogP contribution in [-0.4, -0.2) is 25.1 Å². The third-order valence-corrected chi connectivity index (χ3v) is 4.65. The van der Waals surface area contributed by atoms with Crippen molar-refractivity contribution in [2.45, 2.75) is 32.6 Å². The first kappa shape index (κ1) is 20.5. The quantitative estimate of drug-likeness (QED) is 0.578. The van der Waals surface area contributed by atoms with Gasteiger partial charge in [0.05, 0.1) is 26.0 Å². The highest BCUT2D eigenvalue weighted by Crippen LogP contribution is 2.33. The maximum Gasteiger partial charge on any atom is 0.224 e. The van der Waals surface area contributed by atoms with Crippen molar-refractivity contribution in [3.8, 4) is 22.8 Å². The highest BCUT2D eigenvalue weighted by molar-refractivity contribution is 5.90. The van der Waals surface area contributed by atoms with Crippen molar-refractivity contribution in [3.05, 3.63) is 60.1 Å². The molecule has 0 saturated carbocycles. The van der Waals surface area contributed by atoms with Crippen LogP contribution in [0.25, 0.3) is 11.3 Å². The molecule has 0 fully saturated rings. The molecule has 0 aliphatic rings. The number of aromatic nitrogens is 1. The fourth-order valence-electron chi connectivity index (χ4n) is 2.95. The van der Waals surface area contributed by atoms with Crippen molar-refractivity contribution in [3.63, 3.8) is 0 Å². The molecule has 2 aromatic carbocycles. The van der Waals surface area contributed by atoms with Gasteiger partial charge in [0, 0.05) is 24.6 Å².